The minimum atomic E-state index is -0.818. The van der Waals surface area contributed by atoms with Crippen molar-refractivity contribution in [2.24, 2.45) is 0 Å². The molecule has 8 nitrogen and oxygen atoms in total. The van der Waals surface area contributed by atoms with Gasteiger partial charge >= 0.3 is 6.03 Å². The van der Waals surface area contributed by atoms with Crippen molar-refractivity contribution in [3.8, 4) is 11.5 Å². The van der Waals surface area contributed by atoms with E-state index in [1.165, 1.54) is 0 Å². The molecule has 0 aliphatic carbocycles. The van der Waals surface area contributed by atoms with Gasteiger partial charge in [0.1, 0.15) is 18.2 Å². The number of hydrogen-bond donors (Lipinski definition) is 3. The maximum atomic E-state index is 11.8. The Morgan fingerprint density at radius 1 is 1.40 bits per heavy atom. The molecule has 1 aromatic rings. The van der Waals surface area contributed by atoms with Crippen molar-refractivity contribution in [2.75, 3.05) is 13.2 Å². The number of imide groups is 1. The number of urea groups is 1. The van der Waals surface area contributed by atoms with Gasteiger partial charge in [-0.1, -0.05) is 12.1 Å². The van der Waals surface area contributed by atoms with Crippen LogP contribution >= 0.6 is 0 Å². The van der Waals surface area contributed by atoms with Gasteiger partial charge in [0.25, 0.3) is 5.91 Å². The summed E-state index contributed by atoms with van der Waals surface area (Å²) in [5.74, 6) is 0.585. The normalized spacial score (nSPS) is 20.3. The summed E-state index contributed by atoms with van der Waals surface area (Å²) >= 11 is 0. The van der Waals surface area contributed by atoms with Gasteiger partial charge in [0.15, 0.2) is 11.5 Å². The molecular formula is C17H21N3O5. The van der Waals surface area contributed by atoms with Crippen molar-refractivity contribution in [2.45, 2.75) is 38.3 Å². The minimum absolute atomic E-state index is 0.102. The first-order valence-electron chi connectivity index (χ1n) is 8.16. The summed E-state index contributed by atoms with van der Waals surface area (Å²) in [5, 5.41) is 7.13. The highest BCUT2D eigenvalue weighted by Crippen LogP contribution is 2.41. The number of nitrogens with one attached hydrogen (secondary N) is 3. The van der Waals surface area contributed by atoms with Crippen LogP contribution in [0.3, 0.4) is 0 Å². The molecular weight excluding hydrogens is 326 g/mol. The van der Waals surface area contributed by atoms with E-state index in [9.17, 15) is 14.4 Å². The molecule has 134 valence electrons. The Kier molecular flexibility index (Phi) is 4.52. The molecule has 0 radical (unpaired) electrons. The lowest BCUT2D eigenvalue weighted by Gasteiger charge is -2.18. The lowest BCUT2D eigenvalue weighted by Crippen LogP contribution is -2.37. The van der Waals surface area contributed by atoms with Gasteiger partial charge in [0, 0.05) is 12.0 Å². The zero-order chi connectivity index (χ0) is 18.0. The second-order valence-electron chi connectivity index (χ2n) is 6.70. The zero-order valence-corrected chi connectivity index (χ0v) is 14.2. The fourth-order valence-electron chi connectivity index (χ4n) is 2.91. The molecule has 4 amide bonds. The number of hydrogen-bond acceptors (Lipinski definition) is 5. The van der Waals surface area contributed by atoms with Crippen LogP contribution in [0.1, 0.15) is 25.8 Å². The topological polar surface area (TPSA) is 106 Å². The first kappa shape index (κ1) is 17.1. The zero-order valence-electron chi connectivity index (χ0n) is 14.2. The molecule has 2 aliphatic rings. The number of rotatable bonds is 6. The van der Waals surface area contributed by atoms with Crippen LogP contribution in [0.5, 0.6) is 11.5 Å². The van der Waals surface area contributed by atoms with E-state index in [4.69, 9.17) is 9.47 Å². The Hall–Kier alpha value is -2.77. The average Bonchev–Trinajstić information content (AvgIpc) is 3.01. The number of fused-ring (bicyclic) bond motifs is 1. The Morgan fingerprint density at radius 3 is 2.92 bits per heavy atom. The molecule has 1 saturated heterocycles. The molecule has 1 aromatic carbocycles. The molecule has 2 heterocycles. The van der Waals surface area contributed by atoms with Crippen LogP contribution in [0.15, 0.2) is 18.2 Å². The van der Waals surface area contributed by atoms with Crippen molar-refractivity contribution in [3.05, 3.63) is 23.8 Å². The van der Waals surface area contributed by atoms with E-state index in [1.54, 1.807) is 0 Å². The van der Waals surface area contributed by atoms with Crippen LogP contribution in [0.25, 0.3) is 0 Å². The Labute approximate surface area is 145 Å². The van der Waals surface area contributed by atoms with Crippen LogP contribution in [0, 0.1) is 0 Å². The van der Waals surface area contributed by atoms with Gasteiger partial charge in [-0.15, -0.1) is 0 Å². The van der Waals surface area contributed by atoms with E-state index >= 15 is 0 Å². The number of ether oxygens (including phenoxy) is 2. The average molecular weight is 347 g/mol. The summed E-state index contributed by atoms with van der Waals surface area (Å²) < 4.78 is 11.6. The number of amides is 4. The van der Waals surface area contributed by atoms with Gasteiger partial charge in [-0.05, 0) is 19.9 Å². The summed E-state index contributed by atoms with van der Waals surface area (Å²) in [5.41, 5.74) is 0.858. The van der Waals surface area contributed by atoms with Crippen molar-refractivity contribution >= 4 is 17.8 Å². The Balaban J connectivity index is 1.44. The predicted octanol–water partition coefficient (Wildman–Crippen LogP) is 0.493. The smallest absolute Gasteiger partial charge is 0.322 e. The third kappa shape index (κ3) is 4.01. The van der Waals surface area contributed by atoms with E-state index in [2.05, 4.69) is 16.0 Å². The lowest BCUT2D eigenvalue weighted by molar-refractivity contribution is -0.126. The number of carbonyl (C=O) groups excluding carboxylic acids is 3. The van der Waals surface area contributed by atoms with Crippen molar-refractivity contribution in [1.29, 1.82) is 0 Å². The van der Waals surface area contributed by atoms with Crippen molar-refractivity contribution in [3.63, 3.8) is 0 Å². The van der Waals surface area contributed by atoms with Gasteiger partial charge < -0.3 is 20.1 Å². The van der Waals surface area contributed by atoms with Crippen LogP contribution in [0.4, 0.5) is 4.79 Å². The minimum Gasteiger partial charge on any atom is -0.488 e. The van der Waals surface area contributed by atoms with E-state index in [0.717, 1.165) is 17.7 Å². The molecule has 2 aliphatic heterocycles. The molecule has 3 rings (SSSR count). The van der Waals surface area contributed by atoms with Crippen LogP contribution in [-0.2, 0) is 16.0 Å². The second kappa shape index (κ2) is 6.62. The summed E-state index contributed by atoms with van der Waals surface area (Å²) in [7, 11) is 0. The van der Waals surface area contributed by atoms with Crippen LogP contribution < -0.4 is 25.4 Å². The summed E-state index contributed by atoms with van der Waals surface area (Å²) in [6.07, 6.45) is 0.723. The third-order valence-corrected chi connectivity index (χ3v) is 3.98. The SMILES string of the molecule is CC1(C)Cc2cccc(OCCNC(=O)C[C@H]3NC(=O)NC3=O)c2O1. The molecule has 1 fully saturated rings. The molecule has 3 N–H and O–H groups in total. The Bertz CT molecular complexity index is 716. The van der Waals surface area contributed by atoms with E-state index < -0.39 is 18.0 Å². The first-order valence-corrected chi connectivity index (χ1v) is 8.16. The fourth-order valence-corrected chi connectivity index (χ4v) is 2.91. The van der Waals surface area contributed by atoms with Crippen molar-refractivity contribution in [1.82, 2.24) is 16.0 Å². The molecule has 25 heavy (non-hydrogen) atoms. The summed E-state index contributed by atoms with van der Waals surface area (Å²) in [6, 6.07) is 4.37. The number of benzene rings is 1. The van der Waals surface area contributed by atoms with E-state index in [0.29, 0.717) is 5.75 Å². The number of para-hydroxylation sites is 1. The fraction of sp³-hybridized carbons (Fsp3) is 0.471. The summed E-state index contributed by atoms with van der Waals surface area (Å²) in [6.45, 7) is 4.60. The molecule has 0 aromatic heterocycles. The molecule has 8 heteroatoms. The van der Waals surface area contributed by atoms with Gasteiger partial charge in [0.05, 0.1) is 13.0 Å². The molecule has 1 atom stereocenters. The summed E-state index contributed by atoms with van der Waals surface area (Å²) in [4.78, 5) is 34.2. The highest BCUT2D eigenvalue weighted by Gasteiger charge is 2.32. The largest absolute Gasteiger partial charge is 0.488 e. The van der Waals surface area contributed by atoms with Gasteiger partial charge in [0.2, 0.25) is 5.91 Å². The Morgan fingerprint density at radius 2 is 2.20 bits per heavy atom. The third-order valence-electron chi connectivity index (χ3n) is 3.98. The van der Waals surface area contributed by atoms with Gasteiger partial charge in [-0.2, -0.15) is 0 Å². The molecule has 0 spiro atoms. The molecule has 0 unspecified atom stereocenters. The number of carbonyl (C=O) groups is 3. The first-order chi connectivity index (χ1) is 11.8. The molecule has 0 bridgehead atoms. The van der Waals surface area contributed by atoms with Gasteiger partial charge in [-0.25, -0.2) is 4.79 Å². The maximum absolute atomic E-state index is 11.8. The van der Waals surface area contributed by atoms with Crippen molar-refractivity contribution < 1.29 is 23.9 Å². The maximum Gasteiger partial charge on any atom is 0.322 e. The predicted molar refractivity (Wildman–Crippen MR) is 88.4 cm³/mol. The van der Waals surface area contributed by atoms with E-state index in [1.807, 2.05) is 32.0 Å². The monoisotopic (exact) mass is 347 g/mol. The quantitative estimate of drug-likeness (QED) is 0.513. The van der Waals surface area contributed by atoms with Crippen LogP contribution in [0.2, 0.25) is 0 Å². The second-order valence-corrected chi connectivity index (χ2v) is 6.70. The standard InChI is InChI=1S/C17H21N3O5/c1-17(2)9-10-4-3-5-12(14(10)25-17)24-7-6-18-13(21)8-11-15(22)20-16(23)19-11/h3-5,11H,6-9H2,1-2H3,(H,18,21)(H2,19,20,22,23)/t11-/m1/s1. The highest BCUT2D eigenvalue weighted by atomic mass is 16.5. The van der Waals surface area contributed by atoms with E-state index in [-0.39, 0.29) is 31.1 Å². The van der Waals surface area contributed by atoms with Crippen LogP contribution in [-0.4, -0.2) is 42.6 Å². The lowest BCUT2D eigenvalue weighted by atomic mass is 10.0. The van der Waals surface area contributed by atoms with Gasteiger partial charge in [-0.3, -0.25) is 14.9 Å². The highest BCUT2D eigenvalue weighted by molar-refractivity contribution is 6.05. The molecule has 0 saturated carbocycles.